The molecule has 1 fully saturated rings. The summed E-state index contributed by atoms with van der Waals surface area (Å²) in [6.07, 6.45) is 8.97. The zero-order valence-corrected chi connectivity index (χ0v) is 16.0. The molecule has 3 aliphatic rings. The molecule has 1 N–H and O–H groups in total. The monoisotopic (exact) mass is 374 g/mol. The largest absolute Gasteiger partial charge is 0.353 e. The maximum atomic E-state index is 12.8. The van der Waals surface area contributed by atoms with Gasteiger partial charge in [-0.3, -0.25) is 9.79 Å². The van der Waals surface area contributed by atoms with E-state index in [1.165, 1.54) is 5.57 Å². The van der Waals surface area contributed by atoms with Crippen LogP contribution in [0.1, 0.15) is 26.0 Å². The number of nitriles is 1. The Hall–Kier alpha value is -3.27. The maximum Gasteiger partial charge on any atom is 0.270 e. The van der Waals surface area contributed by atoms with E-state index in [2.05, 4.69) is 51.4 Å². The fourth-order valence-corrected chi connectivity index (χ4v) is 3.71. The summed E-state index contributed by atoms with van der Waals surface area (Å²) in [5, 5.41) is 19.9. The zero-order chi connectivity index (χ0) is 19.7. The Kier molecular flexibility index (Phi) is 4.78. The lowest BCUT2D eigenvalue weighted by Gasteiger charge is -2.18. The van der Waals surface area contributed by atoms with Crippen LogP contribution in [0.3, 0.4) is 0 Å². The lowest BCUT2D eigenvalue weighted by atomic mass is 9.88. The first kappa shape index (κ1) is 18.1. The van der Waals surface area contributed by atoms with Gasteiger partial charge in [-0.15, -0.1) is 10.2 Å². The van der Waals surface area contributed by atoms with E-state index < -0.39 is 0 Å². The lowest BCUT2D eigenvalue weighted by Crippen LogP contribution is -2.38. The molecule has 0 spiro atoms. The quantitative estimate of drug-likeness (QED) is 0.871. The molecule has 1 saturated heterocycles. The second-order valence-corrected chi connectivity index (χ2v) is 7.56. The van der Waals surface area contributed by atoms with Crippen molar-refractivity contribution in [3.05, 3.63) is 52.9 Å². The number of nitrogens with zero attached hydrogens (tertiary/aromatic N) is 5. The summed E-state index contributed by atoms with van der Waals surface area (Å²) in [5.74, 6) is 1.15. The SMILES string of the molecule is CC(C)C1=CC2C=NC(C(=O)N[C@@H]3CCN(c4ccc(C#N)nn4)C3)=C2C=C1. The van der Waals surface area contributed by atoms with E-state index in [4.69, 9.17) is 5.26 Å². The molecular formula is C21H22N6O. The Morgan fingerprint density at radius 2 is 2.18 bits per heavy atom. The van der Waals surface area contributed by atoms with Gasteiger partial charge in [-0.2, -0.15) is 5.26 Å². The molecule has 0 saturated carbocycles. The van der Waals surface area contributed by atoms with Gasteiger partial charge in [-0.1, -0.05) is 32.1 Å². The van der Waals surface area contributed by atoms with Crippen molar-refractivity contribution in [2.75, 3.05) is 18.0 Å². The summed E-state index contributed by atoms with van der Waals surface area (Å²) >= 11 is 0. The molecular weight excluding hydrogens is 352 g/mol. The predicted octanol–water partition coefficient (Wildman–Crippen LogP) is 2.15. The standard InChI is InChI=1S/C21H22N6O/c1-13(2)14-3-5-18-15(9-14)11-23-20(18)21(28)24-17-7-8-27(12-17)19-6-4-16(10-22)25-26-19/h3-6,9,11,13,15,17H,7-8,12H2,1-2H3,(H,24,28)/t15?,17-/m1/s1. The van der Waals surface area contributed by atoms with Gasteiger partial charge in [0.2, 0.25) is 0 Å². The third-order valence-electron chi connectivity index (χ3n) is 5.32. The van der Waals surface area contributed by atoms with Crippen LogP contribution in [-0.4, -0.2) is 41.5 Å². The van der Waals surface area contributed by atoms with E-state index in [9.17, 15) is 4.79 Å². The molecule has 0 aromatic carbocycles. The minimum absolute atomic E-state index is 0.0293. The first-order valence-electron chi connectivity index (χ1n) is 9.53. The van der Waals surface area contributed by atoms with E-state index >= 15 is 0 Å². The molecule has 2 aliphatic heterocycles. The highest BCUT2D eigenvalue weighted by Gasteiger charge is 2.30. The van der Waals surface area contributed by atoms with Crippen molar-refractivity contribution < 1.29 is 4.79 Å². The van der Waals surface area contributed by atoms with E-state index in [1.807, 2.05) is 18.4 Å². The molecule has 0 radical (unpaired) electrons. The van der Waals surface area contributed by atoms with Crippen LogP contribution in [0.4, 0.5) is 5.82 Å². The lowest BCUT2D eigenvalue weighted by molar-refractivity contribution is -0.118. The summed E-state index contributed by atoms with van der Waals surface area (Å²) < 4.78 is 0. The number of aliphatic imine (C=N–C) groups is 1. The number of amides is 1. The van der Waals surface area contributed by atoms with Gasteiger partial charge in [0.1, 0.15) is 11.8 Å². The second-order valence-electron chi connectivity index (χ2n) is 7.56. The maximum absolute atomic E-state index is 12.8. The highest BCUT2D eigenvalue weighted by molar-refractivity contribution is 5.99. The Morgan fingerprint density at radius 3 is 2.89 bits per heavy atom. The van der Waals surface area contributed by atoms with E-state index in [0.717, 1.165) is 24.4 Å². The Morgan fingerprint density at radius 1 is 1.32 bits per heavy atom. The summed E-state index contributed by atoms with van der Waals surface area (Å²) in [4.78, 5) is 19.2. The van der Waals surface area contributed by atoms with E-state index in [1.54, 1.807) is 12.1 Å². The number of hydrogen-bond donors (Lipinski definition) is 1. The van der Waals surface area contributed by atoms with Crippen LogP contribution in [0.2, 0.25) is 0 Å². The van der Waals surface area contributed by atoms with Gasteiger partial charge in [0.15, 0.2) is 11.5 Å². The molecule has 142 valence electrons. The Bertz CT molecular complexity index is 948. The summed E-state index contributed by atoms with van der Waals surface area (Å²) in [6, 6.07) is 5.44. The smallest absolute Gasteiger partial charge is 0.270 e. The van der Waals surface area contributed by atoms with Crippen molar-refractivity contribution in [3.63, 3.8) is 0 Å². The Labute approximate surface area is 164 Å². The van der Waals surface area contributed by atoms with Crippen molar-refractivity contribution in [1.29, 1.82) is 5.26 Å². The number of fused-ring (bicyclic) bond motifs is 1. The van der Waals surface area contributed by atoms with Crippen molar-refractivity contribution >= 4 is 17.9 Å². The average Bonchev–Trinajstić information content (AvgIpc) is 3.34. The van der Waals surface area contributed by atoms with Crippen LogP contribution in [-0.2, 0) is 4.79 Å². The molecule has 0 bridgehead atoms. The molecule has 4 rings (SSSR count). The molecule has 1 amide bonds. The molecule has 7 nitrogen and oxygen atoms in total. The third kappa shape index (κ3) is 3.46. The van der Waals surface area contributed by atoms with Crippen molar-refractivity contribution in [1.82, 2.24) is 15.5 Å². The Balaban J connectivity index is 1.40. The van der Waals surface area contributed by atoms with Crippen LogP contribution in [0, 0.1) is 23.2 Å². The molecule has 1 aromatic rings. The van der Waals surface area contributed by atoms with Gasteiger partial charge in [0.05, 0.1) is 0 Å². The van der Waals surface area contributed by atoms with Gasteiger partial charge in [-0.05, 0) is 35.6 Å². The summed E-state index contributed by atoms with van der Waals surface area (Å²) in [5.41, 5.74) is 3.05. The van der Waals surface area contributed by atoms with Crippen LogP contribution in [0.15, 0.2) is 52.2 Å². The zero-order valence-electron chi connectivity index (χ0n) is 16.0. The molecule has 1 aromatic heterocycles. The number of nitrogens with one attached hydrogen (secondary N) is 1. The number of aromatic nitrogens is 2. The predicted molar refractivity (Wildman–Crippen MR) is 107 cm³/mol. The molecule has 1 unspecified atom stereocenters. The summed E-state index contributed by atoms with van der Waals surface area (Å²) in [6.45, 7) is 5.77. The highest BCUT2D eigenvalue weighted by atomic mass is 16.2. The van der Waals surface area contributed by atoms with E-state index in [0.29, 0.717) is 23.9 Å². The minimum Gasteiger partial charge on any atom is -0.353 e. The van der Waals surface area contributed by atoms with Gasteiger partial charge in [-0.25, -0.2) is 0 Å². The molecule has 7 heteroatoms. The first-order chi connectivity index (χ1) is 13.5. The fourth-order valence-electron chi connectivity index (χ4n) is 3.71. The average molecular weight is 374 g/mol. The number of allylic oxidation sites excluding steroid dienone is 5. The number of hydrogen-bond acceptors (Lipinski definition) is 6. The third-order valence-corrected chi connectivity index (χ3v) is 5.32. The fraction of sp³-hybridized carbons (Fsp3) is 0.381. The first-order valence-corrected chi connectivity index (χ1v) is 9.53. The van der Waals surface area contributed by atoms with Crippen LogP contribution in [0.5, 0.6) is 0 Å². The molecule has 1 aliphatic carbocycles. The second kappa shape index (κ2) is 7.39. The van der Waals surface area contributed by atoms with Crippen molar-refractivity contribution in [2.45, 2.75) is 26.3 Å². The van der Waals surface area contributed by atoms with E-state index in [-0.39, 0.29) is 17.9 Å². The number of rotatable bonds is 4. The number of carbonyl (C=O) groups excluding carboxylic acids is 1. The normalized spacial score (nSPS) is 23.1. The van der Waals surface area contributed by atoms with Crippen molar-refractivity contribution in [3.8, 4) is 6.07 Å². The van der Waals surface area contributed by atoms with Crippen LogP contribution in [0.25, 0.3) is 0 Å². The van der Waals surface area contributed by atoms with Crippen molar-refractivity contribution in [2.24, 2.45) is 16.8 Å². The minimum atomic E-state index is -0.127. The topological polar surface area (TPSA) is 94.3 Å². The number of anilines is 1. The van der Waals surface area contributed by atoms with Gasteiger partial charge >= 0.3 is 0 Å². The molecule has 2 atom stereocenters. The number of carbonyl (C=O) groups is 1. The van der Waals surface area contributed by atoms with Gasteiger partial charge in [0, 0.05) is 31.3 Å². The van der Waals surface area contributed by atoms with Crippen LogP contribution < -0.4 is 10.2 Å². The molecule has 3 heterocycles. The molecule has 28 heavy (non-hydrogen) atoms. The van der Waals surface area contributed by atoms with Crippen LogP contribution >= 0.6 is 0 Å². The van der Waals surface area contributed by atoms with Gasteiger partial charge in [0.25, 0.3) is 5.91 Å². The summed E-state index contributed by atoms with van der Waals surface area (Å²) in [7, 11) is 0. The van der Waals surface area contributed by atoms with Gasteiger partial charge < -0.3 is 10.2 Å². The highest BCUT2D eigenvalue weighted by Crippen LogP contribution is 2.31.